The molecule has 1 amide bonds. The maximum absolute atomic E-state index is 12.4. The number of benzene rings is 1. The SMILES string of the molecule is CN(C)CCn1c(=O)oc2ccc(NC(=O)c3cc(Br)c(Br)s3)cc21. The number of halogens is 2. The Bertz CT molecular complexity index is 971. The minimum Gasteiger partial charge on any atom is -0.408 e. The number of carbonyl (C=O) groups excluding carboxylic acids is 1. The van der Waals surface area contributed by atoms with Crippen molar-refractivity contribution in [2.45, 2.75) is 6.54 Å². The summed E-state index contributed by atoms with van der Waals surface area (Å²) >= 11 is 8.10. The van der Waals surface area contributed by atoms with Gasteiger partial charge in [-0.25, -0.2) is 4.79 Å². The van der Waals surface area contributed by atoms with Gasteiger partial charge in [0.1, 0.15) is 0 Å². The van der Waals surface area contributed by atoms with Gasteiger partial charge in [-0.05, 0) is 70.2 Å². The number of nitrogens with one attached hydrogen (secondary N) is 1. The van der Waals surface area contributed by atoms with Gasteiger partial charge in [0.2, 0.25) is 0 Å². The van der Waals surface area contributed by atoms with E-state index in [9.17, 15) is 9.59 Å². The van der Waals surface area contributed by atoms with Crippen LogP contribution in [0.5, 0.6) is 0 Å². The number of thiophene rings is 1. The number of carbonyl (C=O) groups is 1. The van der Waals surface area contributed by atoms with Crippen molar-refractivity contribution in [1.29, 1.82) is 0 Å². The molecule has 1 aromatic carbocycles. The Morgan fingerprint density at radius 2 is 2.08 bits per heavy atom. The molecular formula is C16H15Br2N3O3S. The molecule has 25 heavy (non-hydrogen) atoms. The molecule has 0 spiro atoms. The molecule has 0 radical (unpaired) electrons. The highest BCUT2D eigenvalue weighted by atomic mass is 79.9. The second-order valence-corrected chi connectivity index (χ2v) is 8.92. The summed E-state index contributed by atoms with van der Waals surface area (Å²) in [5.41, 5.74) is 1.78. The van der Waals surface area contributed by atoms with Crippen LogP contribution in [0.2, 0.25) is 0 Å². The highest BCUT2D eigenvalue weighted by molar-refractivity contribution is 9.13. The average molecular weight is 489 g/mol. The number of hydrogen-bond acceptors (Lipinski definition) is 5. The first-order chi connectivity index (χ1) is 11.8. The predicted octanol–water partition coefficient (Wildman–Crippen LogP) is 3.99. The number of anilines is 1. The van der Waals surface area contributed by atoms with Gasteiger partial charge in [0.15, 0.2) is 5.58 Å². The van der Waals surface area contributed by atoms with Crippen molar-refractivity contribution < 1.29 is 9.21 Å². The van der Waals surface area contributed by atoms with Gasteiger partial charge in [0.05, 0.1) is 14.2 Å². The normalized spacial score (nSPS) is 11.4. The van der Waals surface area contributed by atoms with E-state index < -0.39 is 5.76 Å². The Hall–Kier alpha value is -1.42. The lowest BCUT2D eigenvalue weighted by molar-refractivity contribution is 0.103. The summed E-state index contributed by atoms with van der Waals surface area (Å²) < 4.78 is 8.53. The molecule has 0 aliphatic heterocycles. The van der Waals surface area contributed by atoms with Gasteiger partial charge >= 0.3 is 5.76 Å². The summed E-state index contributed by atoms with van der Waals surface area (Å²) in [4.78, 5) is 27.0. The van der Waals surface area contributed by atoms with Crippen LogP contribution in [0.1, 0.15) is 9.67 Å². The molecule has 2 aromatic heterocycles. The molecule has 0 unspecified atom stereocenters. The van der Waals surface area contributed by atoms with Crippen molar-refractivity contribution >= 4 is 65.9 Å². The van der Waals surface area contributed by atoms with Crippen LogP contribution in [-0.4, -0.2) is 36.0 Å². The molecule has 0 bridgehead atoms. The minimum atomic E-state index is -0.397. The van der Waals surface area contributed by atoms with E-state index >= 15 is 0 Å². The molecule has 3 rings (SSSR count). The zero-order valence-corrected chi connectivity index (χ0v) is 17.5. The molecule has 6 nitrogen and oxygen atoms in total. The predicted molar refractivity (Wildman–Crippen MR) is 107 cm³/mol. The van der Waals surface area contributed by atoms with E-state index in [2.05, 4.69) is 37.2 Å². The summed E-state index contributed by atoms with van der Waals surface area (Å²) in [6.07, 6.45) is 0. The highest BCUT2D eigenvalue weighted by Crippen LogP contribution is 2.32. The smallest absolute Gasteiger partial charge is 0.408 e. The number of hydrogen-bond donors (Lipinski definition) is 1. The summed E-state index contributed by atoms with van der Waals surface area (Å²) in [6, 6.07) is 6.93. The fourth-order valence-corrected chi connectivity index (χ4v) is 4.23. The molecule has 0 atom stereocenters. The van der Waals surface area contributed by atoms with Crippen LogP contribution < -0.4 is 11.1 Å². The van der Waals surface area contributed by atoms with E-state index in [0.717, 1.165) is 8.26 Å². The minimum absolute atomic E-state index is 0.207. The summed E-state index contributed by atoms with van der Waals surface area (Å²) in [6.45, 7) is 1.23. The Kier molecular flexibility index (Phi) is 5.47. The molecule has 0 fully saturated rings. The number of amides is 1. The maximum Gasteiger partial charge on any atom is 0.419 e. The molecule has 1 N–H and O–H groups in total. The van der Waals surface area contributed by atoms with Gasteiger partial charge in [0, 0.05) is 23.2 Å². The number of rotatable bonds is 5. The van der Waals surface area contributed by atoms with E-state index in [0.29, 0.717) is 34.8 Å². The van der Waals surface area contributed by atoms with E-state index in [1.54, 1.807) is 28.8 Å². The lowest BCUT2D eigenvalue weighted by Crippen LogP contribution is -2.23. The number of nitrogens with zero attached hydrogens (tertiary/aromatic N) is 2. The fourth-order valence-electron chi connectivity index (χ4n) is 2.30. The van der Waals surface area contributed by atoms with Gasteiger partial charge in [0.25, 0.3) is 5.91 Å². The summed E-state index contributed by atoms with van der Waals surface area (Å²) in [5.74, 6) is -0.604. The zero-order chi connectivity index (χ0) is 18.1. The van der Waals surface area contributed by atoms with E-state index in [4.69, 9.17) is 4.42 Å². The van der Waals surface area contributed by atoms with Crippen molar-refractivity contribution in [1.82, 2.24) is 9.47 Å². The molecule has 132 valence electrons. The summed E-state index contributed by atoms with van der Waals surface area (Å²) in [5, 5.41) is 2.85. The number of fused-ring (bicyclic) bond motifs is 1. The molecule has 2 heterocycles. The number of likely N-dealkylation sites (N-methyl/N-ethyl adjacent to an activating group) is 1. The third-order valence-electron chi connectivity index (χ3n) is 3.57. The van der Waals surface area contributed by atoms with Crippen LogP contribution in [-0.2, 0) is 6.54 Å². The largest absolute Gasteiger partial charge is 0.419 e. The lowest BCUT2D eigenvalue weighted by Gasteiger charge is -2.09. The molecule has 0 saturated heterocycles. The number of aromatic nitrogens is 1. The second-order valence-electron chi connectivity index (χ2n) is 5.69. The van der Waals surface area contributed by atoms with Crippen LogP contribution in [0.3, 0.4) is 0 Å². The van der Waals surface area contributed by atoms with E-state index in [-0.39, 0.29) is 5.91 Å². The van der Waals surface area contributed by atoms with E-state index in [1.807, 2.05) is 19.0 Å². The Labute approximate surface area is 164 Å². The second kappa shape index (κ2) is 7.45. The lowest BCUT2D eigenvalue weighted by atomic mass is 10.2. The van der Waals surface area contributed by atoms with Gasteiger partial charge in [-0.2, -0.15) is 0 Å². The van der Waals surface area contributed by atoms with Crippen LogP contribution in [0.25, 0.3) is 11.1 Å². The number of oxazole rings is 1. The van der Waals surface area contributed by atoms with Crippen LogP contribution >= 0.6 is 43.2 Å². The van der Waals surface area contributed by atoms with Gasteiger partial charge in [-0.1, -0.05) is 0 Å². The highest BCUT2D eigenvalue weighted by Gasteiger charge is 2.14. The molecule has 0 aliphatic carbocycles. The summed E-state index contributed by atoms with van der Waals surface area (Å²) in [7, 11) is 3.88. The quantitative estimate of drug-likeness (QED) is 0.589. The first-order valence-corrected chi connectivity index (χ1v) is 9.79. The average Bonchev–Trinajstić information content (AvgIpc) is 3.04. The molecule has 0 aliphatic rings. The molecular weight excluding hydrogens is 474 g/mol. The molecule has 0 saturated carbocycles. The van der Waals surface area contributed by atoms with Crippen molar-refractivity contribution in [2.24, 2.45) is 0 Å². The van der Waals surface area contributed by atoms with Crippen molar-refractivity contribution in [3.63, 3.8) is 0 Å². The first kappa shape index (κ1) is 18.4. The molecule has 3 aromatic rings. The Balaban J connectivity index is 1.88. The maximum atomic E-state index is 12.4. The monoisotopic (exact) mass is 487 g/mol. The Morgan fingerprint density at radius 1 is 1.32 bits per heavy atom. The van der Waals surface area contributed by atoms with Gasteiger partial charge < -0.3 is 14.6 Å². The first-order valence-electron chi connectivity index (χ1n) is 7.39. The van der Waals surface area contributed by atoms with Crippen LogP contribution in [0, 0.1) is 0 Å². The van der Waals surface area contributed by atoms with E-state index in [1.165, 1.54) is 11.3 Å². The van der Waals surface area contributed by atoms with Crippen LogP contribution in [0.15, 0.2) is 41.7 Å². The third kappa shape index (κ3) is 4.05. The molecule has 9 heteroatoms. The van der Waals surface area contributed by atoms with Gasteiger partial charge in [-0.15, -0.1) is 11.3 Å². The topological polar surface area (TPSA) is 67.5 Å². The van der Waals surface area contributed by atoms with Gasteiger partial charge in [-0.3, -0.25) is 9.36 Å². The van der Waals surface area contributed by atoms with Crippen molar-refractivity contribution in [3.8, 4) is 0 Å². The van der Waals surface area contributed by atoms with Crippen molar-refractivity contribution in [3.05, 3.63) is 48.0 Å². The van der Waals surface area contributed by atoms with Crippen LogP contribution in [0.4, 0.5) is 5.69 Å². The third-order valence-corrected chi connectivity index (χ3v) is 6.82. The standard InChI is InChI=1S/C16H15Br2N3O3S/c1-20(2)5-6-21-11-7-9(3-4-12(11)24-16(21)23)19-15(22)13-8-10(17)14(18)25-13/h3-4,7-8H,5-6H2,1-2H3,(H,19,22). The van der Waals surface area contributed by atoms with Crippen molar-refractivity contribution in [2.75, 3.05) is 26.0 Å². The Morgan fingerprint density at radius 3 is 2.72 bits per heavy atom. The zero-order valence-electron chi connectivity index (χ0n) is 13.5. The fraction of sp³-hybridized carbons (Fsp3) is 0.250.